The van der Waals surface area contributed by atoms with E-state index in [-0.39, 0.29) is 11.7 Å². The second-order valence-corrected chi connectivity index (χ2v) is 5.14. The zero-order valence-electron chi connectivity index (χ0n) is 11.9. The minimum Gasteiger partial charge on any atom is -0.468 e. The summed E-state index contributed by atoms with van der Waals surface area (Å²) in [6.07, 6.45) is 0.974. The standard InChI is InChI=1S/C16H16N2O3/c1-11(19)18-14-8-4-3-7-13(14)15(20)16(18)17(2)10-12-6-5-9-21-12/h3-9,16H,10H2,1-2H3. The number of likely N-dealkylation sites (N-methyl/N-ethyl adjacent to an activating group) is 1. The number of furan rings is 1. The van der Waals surface area contributed by atoms with Crippen molar-refractivity contribution in [2.75, 3.05) is 11.9 Å². The van der Waals surface area contributed by atoms with Crippen molar-refractivity contribution < 1.29 is 14.0 Å². The molecule has 1 atom stereocenters. The number of carbonyl (C=O) groups excluding carboxylic acids is 2. The molecule has 1 aromatic carbocycles. The molecule has 0 radical (unpaired) electrons. The molecule has 1 aliphatic heterocycles. The van der Waals surface area contributed by atoms with Gasteiger partial charge < -0.3 is 4.42 Å². The van der Waals surface area contributed by atoms with Crippen LogP contribution < -0.4 is 4.90 Å². The fraction of sp³-hybridized carbons (Fsp3) is 0.250. The van der Waals surface area contributed by atoms with Gasteiger partial charge in [-0.2, -0.15) is 0 Å². The molecule has 0 saturated carbocycles. The smallest absolute Gasteiger partial charge is 0.225 e. The van der Waals surface area contributed by atoms with Crippen molar-refractivity contribution in [1.29, 1.82) is 0 Å². The van der Waals surface area contributed by atoms with Crippen LogP contribution in [0.2, 0.25) is 0 Å². The van der Waals surface area contributed by atoms with Crippen LogP contribution in [0.25, 0.3) is 0 Å². The Balaban J connectivity index is 1.94. The lowest BCUT2D eigenvalue weighted by Gasteiger charge is -2.30. The Morgan fingerprint density at radius 1 is 1.29 bits per heavy atom. The van der Waals surface area contributed by atoms with E-state index in [9.17, 15) is 9.59 Å². The number of Topliss-reactive ketones (excluding diaryl/α,β-unsaturated/α-hetero) is 1. The van der Waals surface area contributed by atoms with E-state index in [1.165, 1.54) is 6.92 Å². The molecule has 2 heterocycles. The lowest BCUT2D eigenvalue weighted by molar-refractivity contribution is -0.117. The van der Waals surface area contributed by atoms with Crippen LogP contribution in [0.1, 0.15) is 23.0 Å². The Labute approximate surface area is 122 Å². The minimum absolute atomic E-state index is 0.0603. The second kappa shape index (κ2) is 5.18. The van der Waals surface area contributed by atoms with Crippen LogP contribution in [0.4, 0.5) is 5.69 Å². The highest BCUT2D eigenvalue weighted by Crippen LogP contribution is 2.33. The number of amides is 1. The van der Waals surface area contributed by atoms with Crippen LogP contribution in [-0.4, -0.2) is 29.8 Å². The maximum absolute atomic E-state index is 12.6. The molecule has 2 aromatic rings. The summed E-state index contributed by atoms with van der Waals surface area (Å²) in [5.41, 5.74) is 1.26. The van der Waals surface area contributed by atoms with Crippen LogP contribution in [0.3, 0.4) is 0 Å². The normalized spacial score (nSPS) is 17.4. The average molecular weight is 284 g/mol. The van der Waals surface area contributed by atoms with Gasteiger partial charge in [0, 0.05) is 12.5 Å². The van der Waals surface area contributed by atoms with Crippen LogP contribution in [-0.2, 0) is 11.3 Å². The number of fused-ring (bicyclic) bond motifs is 1. The first-order valence-electron chi connectivity index (χ1n) is 6.75. The molecular weight excluding hydrogens is 268 g/mol. The van der Waals surface area contributed by atoms with Gasteiger partial charge in [0.25, 0.3) is 0 Å². The van der Waals surface area contributed by atoms with Gasteiger partial charge in [0.15, 0.2) is 6.17 Å². The molecule has 0 fully saturated rings. The molecule has 1 aliphatic rings. The number of rotatable bonds is 3. The summed E-state index contributed by atoms with van der Waals surface area (Å²) < 4.78 is 5.32. The first-order valence-corrected chi connectivity index (χ1v) is 6.75. The maximum atomic E-state index is 12.6. The minimum atomic E-state index is -0.620. The highest BCUT2D eigenvalue weighted by atomic mass is 16.3. The van der Waals surface area contributed by atoms with Crippen molar-refractivity contribution in [2.45, 2.75) is 19.6 Å². The summed E-state index contributed by atoms with van der Waals surface area (Å²) in [6, 6.07) is 10.9. The van der Waals surface area contributed by atoms with E-state index in [1.807, 2.05) is 30.1 Å². The van der Waals surface area contributed by atoms with Crippen molar-refractivity contribution in [3.05, 3.63) is 54.0 Å². The van der Waals surface area contributed by atoms with Crippen LogP contribution in [0.15, 0.2) is 47.1 Å². The van der Waals surface area contributed by atoms with Crippen LogP contribution in [0.5, 0.6) is 0 Å². The molecule has 0 aliphatic carbocycles. The number of nitrogens with zero attached hydrogens (tertiary/aromatic N) is 2. The summed E-state index contributed by atoms with van der Waals surface area (Å²) >= 11 is 0. The van der Waals surface area contributed by atoms with Gasteiger partial charge in [-0.15, -0.1) is 0 Å². The number of hydrogen-bond acceptors (Lipinski definition) is 4. The number of ketones is 1. The van der Waals surface area contributed by atoms with Crippen molar-refractivity contribution in [1.82, 2.24) is 4.90 Å². The number of para-hydroxylation sites is 1. The average Bonchev–Trinajstić information content (AvgIpc) is 3.05. The fourth-order valence-electron chi connectivity index (χ4n) is 2.75. The summed E-state index contributed by atoms with van der Waals surface area (Å²) in [7, 11) is 1.81. The Bertz CT molecular complexity index is 679. The van der Waals surface area contributed by atoms with E-state index in [1.54, 1.807) is 29.4 Å². The van der Waals surface area contributed by atoms with E-state index in [4.69, 9.17) is 4.42 Å². The quantitative estimate of drug-likeness (QED) is 0.867. The Kier molecular flexibility index (Phi) is 3.35. The van der Waals surface area contributed by atoms with Crippen molar-refractivity contribution in [3.63, 3.8) is 0 Å². The molecule has 108 valence electrons. The monoisotopic (exact) mass is 284 g/mol. The van der Waals surface area contributed by atoms with E-state index < -0.39 is 6.17 Å². The lowest BCUT2D eigenvalue weighted by atomic mass is 10.1. The van der Waals surface area contributed by atoms with Gasteiger partial charge in [0.2, 0.25) is 11.7 Å². The van der Waals surface area contributed by atoms with Crippen LogP contribution in [0, 0.1) is 0 Å². The predicted octanol–water partition coefficient (Wildman–Crippen LogP) is 2.29. The topological polar surface area (TPSA) is 53.8 Å². The number of hydrogen-bond donors (Lipinski definition) is 0. The zero-order valence-corrected chi connectivity index (χ0v) is 11.9. The molecule has 0 spiro atoms. The summed E-state index contributed by atoms with van der Waals surface area (Å²) in [5.74, 6) is 0.546. The molecule has 3 rings (SSSR count). The van der Waals surface area contributed by atoms with E-state index in [0.717, 1.165) is 5.76 Å². The molecule has 0 N–H and O–H groups in total. The highest BCUT2D eigenvalue weighted by Gasteiger charge is 2.41. The molecule has 21 heavy (non-hydrogen) atoms. The van der Waals surface area contributed by atoms with Gasteiger partial charge in [0.05, 0.1) is 18.5 Å². The molecule has 5 heteroatoms. The number of anilines is 1. The first-order chi connectivity index (χ1) is 10.1. The summed E-state index contributed by atoms with van der Waals surface area (Å²) in [6.45, 7) is 1.93. The Morgan fingerprint density at radius 3 is 2.71 bits per heavy atom. The summed E-state index contributed by atoms with van der Waals surface area (Å²) in [5, 5.41) is 0. The molecule has 0 saturated heterocycles. The zero-order chi connectivity index (χ0) is 15.0. The van der Waals surface area contributed by atoms with Crippen molar-refractivity contribution in [3.8, 4) is 0 Å². The largest absolute Gasteiger partial charge is 0.468 e. The first kappa shape index (κ1) is 13.6. The van der Waals surface area contributed by atoms with Gasteiger partial charge in [-0.3, -0.25) is 19.4 Å². The fourth-order valence-corrected chi connectivity index (χ4v) is 2.75. The van der Waals surface area contributed by atoms with Gasteiger partial charge in [0.1, 0.15) is 5.76 Å². The SMILES string of the molecule is CC(=O)N1c2ccccc2C(=O)C1N(C)Cc1ccco1. The second-order valence-electron chi connectivity index (χ2n) is 5.14. The molecule has 0 bridgehead atoms. The Hall–Kier alpha value is -2.40. The van der Waals surface area contributed by atoms with Gasteiger partial charge in [-0.1, -0.05) is 12.1 Å². The number of carbonyl (C=O) groups is 2. The highest BCUT2D eigenvalue weighted by molar-refractivity contribution is 6.17. The Morgan fingerprint density at radius 2 is 2.05 bits per heavy atom. The predicted molar refractivity (Wildman–Crippen MR) is 77.9 cm³/mol. The van der Waals surface area contributed by atoms with Crippen molar-refractivity contribution >= 4 is 17.4 Å². The third-order valence-electron chi connectivity index (χ3n) is 3.65. The van der Waals surface area contributed by atoms with E-state index >= 15 is 0 Å². The van der Waals surface area contributed by atoms with Crippen molar-refractivity contribution in [2.24, 2.45) is 0 Å². The molecular formula is C16H16N2O3. The van der Waals surface area contributed by atoms with E-state index in [0.29, 0.717) is 17.8 Å². The molecule has 1 aromatic heterocycles. The maximum Gasteiger partial charge on any atom is 0.225 e. The molecule has 1 unspecified atom stereocenters. The van der Waals surface area contributed by atoms with Gasteiger partial charge >= 0.3 is 0 Å². The third-order valence-corrected chi connectivity index (χ3v) is 3.65. The van der Waals surface area contributed by atoms with Gasteiger partial charge in [-0.05, 0) is 31.3 Å². The number of benzene rings is 1. The third kappa shape index (κ3) is 2.25. The van der Waals surface area contributed by atoms with Crippen LogP contribution >= 0.6 is 0 Å². The van der Waals surface area contributed by atoms with E-state index in [2.05, 4.69) is 0 Å². The summed E-state index contributed by atoms with van der Waals surface area (Å²) in [4.78, 5) is 28.0. The van der Waals surface area contributed by atoms with Gasteiger partial charge in [-0.25, -0.2) is 0 Å². The molecule has 1 amide bonds. The molecule has 5 nitrogen and oxygen atoms in total. The lowest BCUT2D eigenvalue weighted by Crippen LogP contribution is -2.49.